The second-order valence-electron chi connectivity index (χ2n) is 4.16. The summed E-state index contributed by atoms with van der Waals surface area (Å²) in [6, 6.07) is 1.57. The van der Waals surface area contributed by atoms with Crippen molar-refractivity contribution in [1.82, 2.24) is 10.5 Å². The molecule has 1 atom stereocenters. The normalized spacial score (nSPS) is 12.8. The van der Waals surface area contributed by atoms with Crippen molar-refractivity contribution in [3.05, 3.63) is 17.5 Å². The van der Waals surface area contributed by atoms with Crippen LogP contribution in [0.3, 0.4) is 0 Å². The number of aromatic nitrogens is 1. The first kappa shape index (κ1) is 12.7. The molecule has 0 saturated heterocycles. The molecule has 1 amide bonds. The topological polar surface area (TPSA) is 75.4 Å². The zero-order valence-electron chi connectivity index (χ0n) is 9.86. The van der Waals surface area contributed by atoms with Crippen LogP contribution in [0.15, 0.2) is 10.6 Å². The van der Waals surface area contributed by atoms with Gasteiger partial charge in [-0.2, -0.15) is 0 Å². The smallest absolute Gasteiger partial charge is 0.273 e. The highest BCUT2D eigenvalue weighted by atomic mass is 16.5. The second kappa shape index (κ2) is 5.65. The number of hydrogen-bond donors (Lipinski definition) is 2. The minimum Gasteiger partial charge on any atom is -0.396 e. The molecule has 1 aromatic rings. The molecule has 0 aromatic carbocycles. The molecule has 5 heteroatoms. The van der Waals surface area contributed by atoms with E-state index in [1.54, 1.807) is 6.07 Å². The molecule has 1 heterocycles. The van der Waals surface area contributed by atoms with E-state index < -0.39 is 0 Å². The lowest BCUT2D eigenvalue weighted by molar-refractivity contribution is 0.0925. The number of rotatable bonds is 5. The maximum absolute atomic E-state index is 11.7. The zero-order valence-corrected chi connectivity index (χ0v) is 9.86. The summed E-state index contributed by atoms with van der Waals surface area (Å²) in [5.41, 5.74) is 0.286. The molecule has 0 spiro atoms. The van der Waals surface area contributed by atoms with Gasteiger partial charge in [0, 0.05) is 24.6 Å². The Labute approximate surface area is 94.8 Å². The summed E-state index contributed by atoms with van der Waals surface area (Å²) < 4.78 is 5.03. The molecule has 1 rings (SSSR count). The molecule has 0 radical (unpaired) electrons. The Kier molecular flexibility index (Phi) is 4.49. The van der Waals surface area contributed by atoms with E-state index in [2.05, 4.69) is 10.5 Å². The fourth-order valence-corrected chi connectivity index (χ4v) is 1.23. The summed E-state index contributed by atoms with van der Waals surface area (Å²) in [5.74, 6) is 0.639. The van der Waals surface area contributed by atoms with Crippen molar-refractivity contribution in [2.75, 3.05) is 6.61 Å². The van der Waals surface area contributed by atoms with Gasteiger partial charge in [-0.25, -0.2) is 0 Å². The molecule has 0 unspecified atom stereocenters. The van der Waals surface area contributed by atoms with Gasteiger partial charge in [0.25, 0.3) is 5.91 Å². The van der Waals surface area contributed by atoms with Crippen LogP contribution in [0.4, 0.5) is 0 Å². The fourth-order valence-electron chi connectivity index (χ4n) is 1.23. The number of hydrogen-bond acceptors (Lipinski definition) is 4. The quantitative estimate of drug-likeness (QED) is 0.793. The first-order valence-electron chi connectivity index (χ1n) is 5.43. The van der Waals surface area contributed by atoms with Crippen LogP contribution >= 0.6 is 0 Å². The van der Waals surface area contributed by atoms with Gasteiger partial charge in [0.1, 0.15) is 5.76 Å². The molecular formula is C11H18N2O3. The standard InChI is InChI=1S/C11H18N2O3/c1-7(2)10-6-9(13-16-10)11(15)12-8(3)4-5-14/h6-8,14H,4-5H2,1-3H3,(H,12,15)/t8-/m1/s1. The van der Waals surface area contributed by atoms with Crippen LogP contribution in [-0.2, 0) is 0 Å². The lowest BCUT2D eigenvalue weighted by Gasteiger charge is -2.10. The van der Waals surface area contributed by atoms with Crippen molar-refractivity contribution < 1.29 is 14.4 Å². The molecule has 2 N–H and O–H groups in total. The zero-order chi connectivity index (χ0) is 12.1. The van der Waals surface area contributed by atoms with Crippen LogP contribution in [0, 0.1) is 0 Å². The third-order valence-electron chi connectivity index (χ3n) is 2.27. The molecule has 0 bridgehead atoms. The first-order valence-corrected chi connectivity index (χ1v) is 5.43. The van der Waals surface area contributed by atoms with Gasteiger partial charge in [0.15, 0.2) is 5.69 Å². The number of nitrogens with one attached hydrogen (secondary N) is 1. The minimum atomic E-state index is -0.267. The summed E-state index contributed by atoms with van der Waals surface area (Å²) in [6.45, 7) is 5.82. The Balaban J connectivity index is 2.59. The van der Waals surface area contributed by atoms with E-state index in [9.17, 15) is 4.79 Å². The summed E-state index contributed by atoms with van der Waals surface area (Å²) in [5, 5.41) is 15.1. The van der Waals surface area contributed by atoms with Crippen LogP contribution in [-0.4, -0.2) is 28.8 Å². The van der Waals surface area contributed by atoms with E-state index >= 15 is 0 Å². The summed E-state index contributed by atoms with van der Waals surface area (Å²) in [6.07, 6.45) is 0.528. The summed E-state index contributed by atoms with van der Waals surface area (Å²) in [7, 11) is 0. The van der Waals surface area contributed by atoms with Gasteiger partial charge in [0.05, 0.1) is 0 Å². The van der Waals surface area contributed by atoms with E-state index in [4.69, 9.17) is 9.63 Å². The average Bonchev–Trinajstić information content (AvgIpc) is 2.66. The monoisotopic (exact) mass is 226 g/mol. The number of aliphatic hydroxyl groups is 1. The molecule has 5 nitrogen and oxygen atoms in total. The van der Waals surface area contributed by atoms with Gasteiger partial charge >= 0.3 is 0 Å². The minimum absolute atomic E-state index is 0.0531. The van der Waals surface area contributed by atoms with Gasteiger partial charge in [-0.05, 0) is 13.3 Å². The maximum atomic E-state index is 11.7. The number of carbonyl (C=O) groups excluding carboxylic acids is 1. The Morgan fingerprint density at radius 2 is 2.25 bits per heavy atom. The molecule has 16 heavy (non-hydrogen) atoms. The van der Waals surface area contributed by atoms with Crippen LogP contribution in [0.5, 0.6) is 0 Å². The van der Waals surface area contributed by atoms with Crippen molar-refractivity contribution in [3.63, 3.8) is 0 Å². The third kappa shape index (κ3) is 3.34. The third-order valence-corrected chi connectivity index (χ3v) is 2.27. The van der Waals surface area contributed by atoms with Crippen molar-refractivity contribution in [2.24, 2.45) is 0 Å². The van der Waals surface area contributed by atoms with E-state index in [0.717, 1.165) is 0 Å². The van der Waals surface area contributed by atoms with Crippen molar-refractivity contribution in [2.45, 2.75) is 39.2 Å². The Morgan fingerprint density at radius 3 is 2.75 bits per heavy atom. The van der Waals surface area contributed by atoms with Crippen molar-refractivity contribution in [1.29, 1.82) is 0 Å². The molecule has 1 aromatic heterocycles. The SMILES string of the molecule is CC(C)c1cc(C(=O)N[C@H](C)CCO)no1. The average molecular weight is 226 g/mol. The Morgan fingerprint density at radius 1 is 1.56 bits per heavy atom. The molecule has 90 valence electrons. The number of nitrogens with zero attached hydrogens (tertiary/aromatic N) is 1. The van der Waals surface area contributed by atoms with Gasteiger partial charge < -0.3 is 14.9 Å². The number of aliphatic hydroxyl groups excluding tert-OH is 1. The molecular weight excluding hydrogens is 208 g/mol. The molecule has 0 aliphatic heterocycles. The predicted octanol–water partition coefficient (Wildman–Crippen LogP) is 1.30. The number of carbonyl (C=O) groups is 1. The van der Waals surface area contributed by atoms with E-state index in [-0.39, 0.29) is 30.2 Å². The van der Waals surface area contributed by atoms with E-state index in [0.29, 0.717) is 12.2 Å². The Bertz CT molecular complexity index is 347. The Hall–Kier alpha value is -1.36. The van der Waals surface area contributed by atoms with Gasteiger partial charge in [-0.15, -0.1) is 0 Å². The second-order valence-corrected chi connectivity index (χ2v) is 4.16. The van der Waals surface area contributed by atoms with Gasteiger partial charge in [-0.1, -0.05) is 19.0 Å². The number of amides is 1. The lowest BCUT2D eigenvalue weighted by Crippen LogP contribution is -2.33. The molecule has 0 fully saturated rings. The molecule has 0 aliphatic rings. The van der Waals surface area contributed by atoms with Crippen molar-refractivity contribution in [3.8, 4) is 0 Å². The molecule has 0 saturated carbocycles. The van der Waals surface area contributed by atoms with Gasteiger partial charge in [-0.3, -0.25) is 4.79 Å². The highest BCUT2D eigenvalue weighted by Crippen LogP contribution is 2.14. The predicted molar refractivity (Wildman–Crippen MR) is 59.2 cm³/mol. The van der Waals surface area contributed by atoms with Crippen LogP contribution in [0.2, 0.25) is 0 Å². The van der Waals surface area contributed by atoms with Crippen LogP contribution < -0.4 is 5.32 Å². The molecule has 0 aliphatic carbocycles. The largest absolute Gasteiger partial charge is 0.396 e. The lowest BCUT2D eigenvalue weighted by atomic mass is 10.1. The first-order chi connectivity index (χ1) is 7.54. The highest BCUT2D eigenvalue weighted by molar-refractivity contribution is 5.92. The highest BCUT2D eigenvalue weighted by Gasteiger charge is 2.15. The summed E-state index contributed by atoms with van der Waals surface area (Å²) in [4.78, 5) is 11.7. The maximum Gasteiger partial charge on any atom is 0.273 e. The van der Waals surface area contributed by atoms with E-state index in [1.165, 1.54) is 0 Å². The summed E-state index contributed by atoms with van der Waals surface area (Å²) >= 11 is 0. The van der Waals surface area contributed by atoms with Gasteiger partial charge in [0.2, 0.25) is 0 Å². The van der Waals surface area contributed by atoms with E-state index in [1.807, 2.05) is 20.8 Å². The van der Waals surface area contributed by atoms with Crippen molar-refractivity contribution >= 4 is 5.91 Å². The fraction of sp³-hybridized carbons (Fsp3) is 0.636. The van der Waals surface area contributed by atoms with Crippen LogP contribution in [0.25, 0.3) is 0 Å². The van der Waals surface area contributed by atoms with Crippen LogP contribution in [0.1, 0.15) is 49.4 Å².